The molecule has 234 valence electrons. The third-order valence-electron chi connectivity index (χ3n) is 9.17. The first-order valence-electron chi connectivity index (χ1n) is 16.7. The maximum Gasteiger partial charge on any atom is 0.165 e. The van der Waals surface area contributed by atoms with Crippen molar-refractivity contribution in [1.82, 2.24) is 19.9 Å². The fourth-order valence-electron chi connectivity index (χ4n) is 6.61. The van der Waals surface area contributed by atoms with Crippen molar-refractivity contribution in [2.45, 2.75) is 0 Å². The zero-order valence-corrected chi connectivity index (χ0v) is 27.1. The van der Waals surface area contributed by atoms with E-state index in [0.717, 1.165) is 50.1 Å². The van der Waals surface area contributed by atoms with Gasteiger partial charge in [-0.25, -0.2) is 15.0 Å². The van der Waals surface area contributed by atoms with Crippen LogP contribution in [0.4, 0.5) is 0 Å². The third kappa shape index (κ3) is 5.69. The van der Waals surface area contributed by atoms with Crippen molar-refractivity contribution < 1.29 is 0 Å². The van der Waals surface area contributed by atoms with Gasteiger partial charge in [0.05, 0.1) is 0 Å². The second-order valence-electron chi connectivity index (χ2n) is 12.4. The first-order valence-corrected chi connectivity index (χ1v) is 16.7. The minimum atomic E-state index is 0.571. The van der Waals surface area contributed by atoms with Gasteiger partial charge in [0, 0.05) is 34.6 Å². The Kier molecular flexibility index (Phi) is 7.45. The van der Waals surface area contributed by atoms with E-state index in [1.54, 1.807) is 0 Å². The van der Waals surface area contributed by atoms with Crippen LogP contribution in [0.2, 0.25) is 0 Å². The number of pyridine rings is 1. The van der Waals surface area contributed by atoms with Crippen molar-refractivity contribution in [3.8, 4) is 67.5 Å². The van der Waals surface area contributed by atoms with Crippen LogP contribution < -0.4 is 0 Å². The second kappa shape index (κ2) is 12.7. The summed E-state index contributed by atoms with van der Waals surface area (Å²) in [7, 11) is 0. The molecule has 4 nitrogen and oxygen atoms in total. The zero-order chi connectivity index (χ0) is 33.3. The quantitative estimate of drug-likeness (QED) is 0.170. The van der Waals surface area contributed by atoms with Gasteiger partial charge in [-0.15, -0.1) is 0 Å². The molecule has 0 bridgehead atoms. The van der Waals surface area contributed by atoms with Crippen molar-refractivity contribution >= 4 is 21.5 Å². The lowest BCUT2D eigenvalue weighted by atomic mass is 9.97. The lowest BCUT2D eigenvalue weighted by Gasteiger charge is -2.11. The van der Waals surface area contributed by atoms with E-state index in [-0.39, 0.29) is 0 Å². The van der Waals surface area contributed by atoms with Crippen LogP contribution in [0.5, 0.6) is 0 Å². The fourth-order valence-corrected chi connectivity index (χ4v) is 6.61. The summed E-state index contributed by atoms with van der Waals surface area (Å²) < 4.78 is 0. The molecule has 9 rings (SSSR count). The number of hydrogen-bond donors (Lipinski definition) is 0. The first-order chi connectivity index (χ1) is 24.7. The number of aromatic nitrogens is 4. The lowest BCUT2D eigenvalue weighted by molar-refractivity contribution is 1.07. The minimum absolute atomic E-state index is 0.571. The van der Waals surface area contributed by atoms with Crippen LogP contribution in [0.3, 0.4) is 0 Å². The highest BCUT2D eigenvalue weighted by Crippen LogP contribution is 2.33. The van der Waals surface area contributed by atoms with Crippen LogP contribution in [-0.2, 0) is 0 Å². The van der Waals surface area contributed by atoms with Gasteiger partial charge in [-0.2, -0.15) is 0 Å². The Morgan fingerprint density at radius 1 is 0.260 bits per heavy atom. The molecular formula is C46H30N4. The van der Waals surface area contributed by atoms with Crippen LogP contribution in [0, 0.1) is 0 Å². The molecule has 0 N–H and O–H groups in total. The Morgan fingerprint density at radius 2 is 0.720 bits per heavy atom. The molecule has 2 aromatic heterocycles. The highest BCUT2D eigenvalue weighted by atomic mass is 15.0. The van der Waals surface area contributed by atoms with Crippen LogP contribution in [0.25, 0.3) is 89.1 Å². The van der Waals surface area contributed by atoms with E-state index in [2.05, 4.69) is 163 Å². The van der Waals surface area contributed by atoms with Crippen molar-refractivity contribution in [3.05, 3.63) is 182 Å². The molecule has 50 heavy (non-hydrogen) atoms. The van der Waals surface area contributed by atoms with Gasteiger partial charge < -0.3 is 0 Å². The molecule has 0 amide bonds. The Labute approximate surface area is 290 Å². The summed E-state index contributed by atoms with van der Waals surface area (Å²) in [5.41, 5.74) is 9.23. The molecule has 0 saturated heterocycles. The number of hydrogen-bond acceptors (Lipinski definition) is 4. The summed E-state index contributed by atoms with van der Waals surface area (Å²) in [5.74, 6) is 1.79. The molecule has 0 atom stereocenters. The zero-order valence-electron chi connectivity index (χ0n) is 27.1. The predicted molar refractivity (Wildman–Crippen MR) is 205 cm³/mol. The number of fused-ring (bicyclic) bond motifs is 3. The van der Waals surface area contributed by atoms with E-state index in [0.29, 0.717) is 17.5 Å². The molecule has 0 saturated carbocycles. The van der Waals surface area contributed by atoms with E-state index >= 15 is 0 Å². The molecular weight excluding hydrogens is 609 g/mol. The molecule has 0 aliphatic carbocycles. The molecule has 7 aromatic carbocycles. The van der Waals surface area contributed by atoms with Crippen molar-refractivity contribution in [2.24, 2.45) is 0 Å². The number of benzene rings is 7. The Bertz CT molecular complexity index is 2550. The smallest absolute Gasteiger partial charge is 0.165 e. The predicted octanol–water partition coefficient (Wildman–Crippen LogP) is 11.6. The Balaban J connectivity index is 1.17. The lowest BCUT2D eigenvalue weighted by Crippen LogP contribution is -2.01. The van der Waals surface area contributed by atoms with Gasteiger partial charge >= 0.3 is 0 Å². The highest BCUT2D eigenvalue weighted by Gasteiger charge is 2.15. The van der Waals surface area contributed by atoms with Crippen LogP contribution in [0.1, 0.15) is 0 Å². The van der Waals surface area contributed by atoms with E-state index in [1.807, 2.05) is 24.5 Å². The molecule has 0 radical (unpaired) electrons. The molecule has 0 unspecified atom stereocenters. The largest absolute Gasteiger partial charge is 0.263 e. The van der Waals surface area contributed by atoms with E-state index in [1.165, 1.54) is 21.5 Å². The molecule has 0 fully saturated rings. The highest BCUT2D eigenvalue weighted by molar-refractivity contribution is 6.08. The van der Waals surface area contributed by atoms with Gasteiger partial charge in [-0.05, 0) is 73.6 Å². The summed E-state index contributed by atoms with van der Waals surface area (Å²) in [4.78, 5) is 19.9. The number of rotatable bonds is 6. The Hall–Kier alpha value is -6.78. The van der Waals surface area contributed by atoms with Gasteiger partial charge in [-0.1, -0.05) is 146 Å². The van der Waals surface area contributed by atoms with Crippen LogP contribution >= 0.6 is 0 Å². The van der Waals surface area contributed by atoms with Crippen LogP contribution in [0.15, 0.2) is 182 Å². The monoisotopic (exact) mass is 638 g/mol. The standard InChI is InChI=1S/C46H30N4/c1-3-11-31(12-4-1)34-16-9-18-38(26-34)44-48-45(39-19-10-17-35(27-39)32-13-5-2-6-14-32)50-46(49-44)41-28-40(29-47-30-41)36-23-24-43-37(25-36)22-21-33-15-7-8-20-42(33)43/h1-30H. The average Bonchev–Trinajstić information content (AvgIpc) is 3.21. The third-order valence-corrected chi connectivity index (χ3v) is 9.17. The second-order valence-corrected chi connectivity index (χ2v) is 12.4. The van der Waals surface area contributed by atoms with Crippen LogP contribution in [-0.4, -0.2) is 19.9 Å². The topological polar surface area (TPSA) is 51.6 Å². The normalized spacial score (nSPS) is 11.2. The molecule has 0 aliphatic heterocycles. The molecule has 9 aromatic rings. The van der Waals surface area contributed by atoms with Gasteiger partial charge in [0.15, 0.2) is 17.5 Å². The maximum atomic E-state index is 5.07. The van der Waals surface area contributed by atoms with Gasteiger partial charge in [0.2, 0.25) is 0 Å². The minimum Gasteiger partial charge on any atom is -0.263 e. The SMILES string of the molecule is c1ccc(-c2cccc(-c3nc(-c4cccc(-c5ccccc5)c4)nc(-c4cncc(-c5ccc6c(ccc7ccccc76)c5)c4)n3)c2)cc1. The van der Waals surface area contributed by atoms with Gasteiger partial charge in [-0.3, -0.25) is 4.98 Å². The van der Waals surface area contributed by atoms with E-state index in [9.17, 15) is 0 Å². The fraction of sp³-hybridized carbons (Fsp3) is 0. The summed E-state index contributed by atoms with van der Waals surface area (Å²) >= 11 is 0. The van der Waals surface area contributed by atoms with Crippen molar-refractivity contribution in [2.75, 3.05) is 0 Å². The van der Waals surface area contributed by atoms with Gasteiger partial charge in [0.1, 0.15) is 0 Å². The van der Waals surface area contributed by atoms with E-state index < -0.39 is 0 Å². The van der Waals surface area contributed by atoms with Crippen molar-refractivity contribution in [1.29, 1.82) is 0 Å². The summed E-state index contributed by atoms with van der Waals surface area (Å²) in [6.07, 6.45) is 3.74. The molecule has 0 spiro atoms. The summed E-state index contributed by atoms with van der Waals surface area (Å²) in [6, 6.07) is 59.1. The molecule has 4 heteroatoms. The Morgan fingerprint density at radius 3 is 1.38 bits per heavy atom. The first kappa shape index (κ1) is 29.4. The van der Waals surface area contributed by atoms with Gasteiger partial charge in [0.25, 0.3) is 0 Å². The molecule has 0 aliphatic rings. The maximum absolute atomic E-state index is 5.07. The molecule has 2 heterocycles. The number of nitrogens with zero attached hydrogens (tertiary/aromatic N) is 4. The van der Waals surface area contributed by atoms with Crippen molar-refractivity contribution in [3.63, 3.8) is 0 Å². The summed E-state index contributed by atoms with van der Waals surface area (Å²) in [5, 5.41) is 4.91. The summed E-state index contributed by atoms with van der Waals surface area (Å²) in [6.45, 7) is 0. The average molecular weight is 639 g/mol. The van der Waals surface area contributed by atoms with E-state index in [4.69, 9.17) is 15.0 Å².